The molecule has 0 saturated heterocycles. The number of aliphatic carboxylic acids is 1. The van der Waals surface area contributed by atoms with Gasteiger partial charge in [-0.15, -0.1) is 0 Å². The third kappa shape index (κ3) is 6.85. The molecule has 0 radical (unpaired) electrons. The lowest BCUT2D eigenvalue weighted by Crippen LogP contribution is -2.15. The van der Waals surface area contributed by atoms with Crippen molar-refractivity contribution in [2.45, 2.75) is 51.6 Å². The Bertz CT molecular complexity index is 448. The molecule has 2 N–H and O–H groups in total. The zero-order valence-electron chi connectivity index (χ0n) is 13.1. The second-order valence-corrected chi connectivity index (χ2v) is 5.65. The lowest BCUT2D eigenvalue weighted by molar-refractivity contribution is -0.137. The number of hydrogen-bond acceptors (Lipinski definition) is 3. The van der Waals surface area contributed by atoms with E-state index in [0.717, 1.165) is 12.8 Å². The Morgan fingerprint density at radius 2 is 2.14 bits per heavy atom. The van der Waals surface area contributed by atoms with Gasteiger partial charge >= 0.3 is 5.97 Å². The first-order valence-electron chi connectivity index (χ1n) is 7.99. The van der Waals surface area contributed by atoms with E-state index >= 15 is 0 Å². The van der Waals surface area contributed by atoms with Gasteiger partial charge in [0.2, 0.25) is 0 Å². The lowest BCUT2D eigenvalue weighted by atomic mass is 9.89. The summed E-state index contributed by atoms with van der Waals surface area (Å²) < 4.78 is 0. The lowest BCUT2D eigenvalue weighted by Gasteiger charge is -2.15. The van der Waals surface area contributed by atoms with E-state index in [1.807, 2.05) is 31.2 Å². The minimum absolute atomic E-state index is 0.0159. The zero-order valence-corrected chi connectivity index (χ0v) is 13.1. The van der Waals surface area contributed by atoms with E-state index < -0.39 is 12.1 Å². The molecule has 4 heteroatoms. The SMILES string of the molecule is CC/C=C\C[C@H](O)/C=C/[C@@H]1C=CC(=O)[C@@H]1CCCCC(=O)O. The third-order valence-corrected chi connectivity index (χ3v) is 3.80. The molecule has 1 aliphatic carbocycles. The second-order valence-electron chi connectivity index (χ2n) is 5.65. The normalized spacial score (nSPS) is 22.9. The summed E-state index contributed by atoms with van der Waals surface area (Å²) in [6, 6.07) is 0. The first kappa shape index (κ1) is 18.4. The average Bonchev–Trinajstić information content (AvgIpc) is 2.82. The van der Waals surface area contributed by atoms with Crippen molar-refractivity contribution in [3.8, 4) is 0 Å². The van der Waals surface area contributed by atoms with Crippen LogP contribution >= 0.6 is 0 Å². The summed E-state index contributed by atoms with van der Waals surface area (Å²) in [6.07, 6.45) is 14.3. The molecule has 0 aromatic heterocycles. The molecule has 0 bridgehead atoms. The zero-order chi connectivity index (χ0) is 16.4. The van der Waals surface area contributed by atoms with Gasteiger partial charge in [0.05, 0.1) is 6.10 Å². The maximum Gasteiger partial charge on any atom is 0.303 e. The highest BCUT2D eigenvalue weighted by molar-refractivity contribution is 5.94. The van der Waals surface area contributed by atoms with Crippen molar-refractivity contribution in [2.24, 2.45) is 11.8 Å². The van der Waals surface area contributed by atoms with Crippen LogP contribution in [0.1, 0.15) is 45.4 Å². The topological polar surface area (TPSA) is 74.6 Å². The Kier molecular flexibility index (Phi) is 8.44. The molecule has 1 aliphatic rings. The molecular formula is C18H26O4. The number of carboxylic acid groups (broad SMARTS) is 1. The first-order chi connectivity index (χ1) is 10.5. The van der Waals surface area contributed by atoms with Gasteiger partial charge < -0.3 is 10.2 Å². The van der Waals surface area contributed by atoms with Crippen LogP contribution < -0.4 is 0 Å². The van der Waals surface area contributed by atoms with E-state index in [1.165, 1.54) is 0 Å². The average molecular weight is 306 g/mol. The number of aliphatic hydroxyl groups is 1. The molecule has 122 valence electrons. The van der Waals surface area contributed by atoms with E-state index in [1.54, 1.807) is 12.2 Å². The minimum atomic E-state index is -0.796. The molecule has 0 aromatic carbocycles. The fourth-order valence-electron chi connectivity index (χ4n) is 2.56. The summed E-state index contributed by atoms with van der Waals surface area (Å²) >= 11 is 0. The standard InChI is InChI=1S/C18H26O4/c1-2-3-4-7-15(19)12-10-14-11-13-17(20)16(14)8-5-6-9-18(21)22/h3-4,10-16,19H,2,5-9H2,1H3,(H,21,22)/b4-3-,12-10+/t14-,15+,16-/m1/s1. The van der Waals surface area contributed by atoms with Crippen molar-refractivity contribution >= 4 is 11.8 Å². The van der Waals surface area contributed by atoms with E-state index in [9.17, 15) is 14.7 Å². The summed E-state index contributed by atoms with van der Waals surface area (Å²) in [7, 11) is 0. The molecule has 0 amide bonds. The molecule has 0 heterocycles. The number of hydrogen-bond donors (Lipinski definition) is 2. The summed E-state index contributed by atoms with van der Waals surface area (Å²) in [6.45, 7) is 2.04. The number of ketones is 1. The van der Waals surface area contributed by atoms with Crippen LogP contribution in [-0.4, -0.2) is 28.1 Å². The number of carbonyl (C=O) groups excluding carboxylic acids is 1. The predicted octanol–water partition coefficient (Wildman–Crippen LogP) is 3.28. The number of aliphatic hydroxyl groups excluding tert-OH is 1. The van der Waals surface area contributed by atoms with Crippen LogP contribution in [0.5, 0.6) is 0 Å². The molecule has 0 aromatic rings. The van der Waals surface area contributed by atoms with Crippen LogP contribution in [0.4, 0.5) is 0 Å². The molecule has 22 heavy (non-hydrogen) atoms. The summed E-state index contributed by atoms with van der Waals surface area (Å²) in [5, 5.41) is 18.5. The molecule has 3 atom stereocenters. The van der Waals surface area contributed by atoms with Gasteiger partial charge in [0.1, 0.15) is 0 Å². The summed E-state index contributed by atoms with van der Waals surface area (Å²) in [5.74, 6) is -0.786. The van der Waals surface area contributed by atoms with Gasteiger partial charge in [-0.25, -0.2) is 0 Å². The molecule has 1 rings (SSSR count). The Balaban J connectivity index is 2.43. The highest BCUT2D eigenvalue weighted by atomic mass is 16.4. The van der Waals surface area contributed by atoms with Crippen molar-refractivity contribution in [1.82, 2.24) is 0 Å². The second kappa shape index (κ2) is 10.1. The monoisotopic (exact) mass is 306 g/mol. The summed E-state index contributed by atoms with van der Waals surface area (Å²) in [4.78, 5) is 22.3. The number of unbranched alkanes of at least 4 members (excludes halogenated alkanes) is 1. The van der Waals surface area contributed by atoms with Crippen LogP contribution in [0.25, 0.3) is 0 Å². The van der Waals surface area contributed by atoms with Crippen molar-refractivity contribution in [2.75, 3.05) is 0 Å². The van der Waals surface area contributed by atoms with E-state index in [4.69, 9.17) is 5.11 Å². The van der Waals surface area contributed by atoms with Crippen LogP contribution in [0.2, 0.25) is 0 Å². The molecule has 0 spiro atoms. The van der Waals surface area contributed by atoms with E-state index in [-0.39, 0.29) is 24.0 Å². The predicted molar refractivity (Wildman–Crippen MR) is 86.4 cm³/mol. The number of allylic oxidation sites excluding steroid dienone is 4. The minimum Gasteiger partial charge on any atom is -0.481 e. The molecule has 4 nitrogen and oxygen atoms in total. The fourth-order valence-corrected chi connectivity index (χ4v) is 2.56. The van der Waals surface area contributed by atoms with Crippen molar-refractivity contribution in [3.63, 3.8) is 0 Å². The van der Waals surface area contributed by atoms with Crippen LogP contribution in [-0.2, 0) is 9.59 Å². The largest absolute Gasteiger partial charge is 0.481 e. The van der Waals surface area contributed by atoms with E-state index in [2.05, 4.69) is 0 Å². The number of rotatable bonds is 10. The number of carboxylic acids is 1. The quantitative estimate of drug-likeness (QED) is 0.480. The van der Waals surface area contributed by atoms with Gasteiger partial charge in [0.15, 0.2) is 5.78 Å². The van der Waals surface area contributed by atoms with Crippen LogP contribution in [0, 0.1) is 11.8 Å². The van der Waals surface area contributed by atoms with Crippen molar-refractivity contribution in [3.05, 3.63) is 36.5 Å². The van der Waals surface area contributed by atoms with Gasteiger partial charge in [-0.1, -0.05) is 43.7 Å². The summed E-state index contributed by atoms with van der Waals surface area (Å²) in [5.41, 5.74) is 0. The third-order valence-electron chi connectivity index (χ3n) is 3.80. The Morgan fingerprint density at radius 1 is 1.36 bits per heavy atom. The van der Waals surface area contributed by atoms with Crippen LogP contribution in [0.3, 0.4) is 0 Å². The van der Waals surface area contributed by atoms with Gasteiger partial charge in [0, 0.05) is 18.3 Å². The molecule has 0 fully saturated rings. The van der Waals surface area contributed by atoms with E-state index in [0.29, 0.717) is 19.3 Å². The van der Waals surface area contributed by atoms with Gasteiger partial charge in [-0.3, -0.25) is 9.59 Å². The highest BCUT2D eigenvalue weighted by Gasteiger charge is 2.27. The Hall–Kier alpha value is -1.68. The first-order valence-corrected chi connectivity index (χ1v) is 7.99. The molecule has 0 saturated carbocycles. The number of carbonyl (C=O) groups is 2. The Labute approximate surface area is 132 Å². The van der Waals surface area contributed by atoms with Gasteiger partial charge in [-0.2, -0.15) is 0 Å². The molecule has 0 unspecified atom stereocenters. The smallest absolute Gasteiger partial charge is 0.303 e. The highest BCUT2D eigenvalue weighted by Crippen LogP contribution is 2.28. The Morgan fingerprint density at radius 3 is 2.82 bits per heavy atom. The van der Waals surface area contributed by atoms with Crippen molar-refractivity contribution < 1.29 is 19.8 Å². The van der Waals surface area contributed by atoms with Gasteiger partial charge in [0.25, 0.3) is 0 Å². The maximum absolute atomic E-state index is 11.9. The fraction of sp³-hybridized carbons (Fsp3) is 0.556. The maximum atomic E-state index is 11.9. The molecule has 0 aliphatic heterocycles. The van der Waals surface area contributed by atoms with Gasteiger partial charge in [-0.05, 0) is 31.8 Å². The molecular weight excluding hydrogens is 280 g/mol. The van der Waals surface area contributed by atoms with Crippen LogP contribution in [0.15, 0.2) is 36.5 Å². The van der Waals surface area contributed by atoms with Crippen molar-refractivity contribution in [1.29, 1.82) is 0 Å².